The van der Waals surface area contributed by atoms with E-state index in [2.05, 4.69) is 4.72 Å². The molecule has 0 aliphatic heterocycles. The second-order valence-corrected chi connectivity index (χ2v) is 6.71. The molecule has 0 radical (unpaired) electrons. The van der Waals surface area contributed by atoms with Gasteiger partial charge in [0.25, 0.3) is 10.0 Å². The number of carbonyl (C=O) groups excluding carboxylic acids is 1. The lowest BCUT2D eigenvalue weighted by Gasteiger charge is -2.20. The Morgan fingerprint density at radius 2 is 2.24 bits per heavy atom. The summed E-state index contributed by atoms with van der Waals surface area (Å²) in [5.41, 5.74) is 5.21. The van der Waals surface area contributed by atoms with Crippen LogP contribution in [-0.2, 0) is 14.8 Å². The van der Waals surface area contributed by atoms with Gasteiger partial charge in [-0.2, -0.15) is 4.72 Å². The van der Waals surface area contributed by atoms with Gasteiger partial charge in [0, 0.05) is 0 Å². The Kier molecular flexibility index (Phi) is 4.67. The third-order valence-electron chi connectivity index (χ3n) is 2.56. The predicted molar refractivity (Wildman–Crippen MR) is 67.1 cm³/mol. The smallest absolute Gasteiger partial charge is 0.250 e. The number of carbonyl (C=O) groups is 1. The van der Waals surface area contributed by atoms with Crippen molar-refractivity contribution in [1.29, 1.82) is 0 Å². The summed E-state index contributed by atoms with van der Waals surface area (Å²) in [6.07, 6.45) is 0.667. The molecule has 0 aromatic carbocycles. The monoisotopic (exact) mass is 276 g/mol. The molecule has 0 aliphatic rings. The largest absolute Gasteiger partial charge is 0.368 e. The van der Waals surface area contributed by atoms with Gasteiger partial charge in [-0.05, 0) is 17.4 Å². The number of amides is 1. The molecule has 0 spiro atoms. The van der Waals surface area contributed by atoms with Crippen LogP contribution in [0.4, 0.5) is 0 Å². The minimum absolute atomic E-state index is 0.137. The SMILES string of the molecule is CC[C@H](C)[C@@H](NS(=O)(=O)c1cccs1)C(N)=O. The molecule has 1 amide bonds. The van der Waals surface area contributed by atoms with Gasteiger partial charge in [-0.1, -0.05) is 26.3 Å². The van der Waals surface area contributed by atoms with Crippen molar-refractivity contribution in [3.63, 3.8) is 0 Å². The van der Waals surface area contributed by atoms with E-state index in [1.165, 1.54) is 6.07 Å². The average Bonchev–Trinajstić information content (AvgIpc) is 2.78. The summed E-state index contributed by atoms with van der Waals surface area (Å²) >= 11 is 1.10. The van der Waals surface area contributed by atoms with Crippen LogP contribution in [0.3, 0.4) is 0 Å². The van der Waals surface area contributed by atoms with Gasteiger partial charge in [-0.25, -0.2) is 8.42 Å². The van der Waals surface area contributed by atoms with Gasteiger partial charge < -0.3 is 5.73 Å². The van der Waals surface area contributed by atoms with Gasteiger partial charge in [0.05, 0.1) is 0 Å². The van der Waals surface area contributed by atoms with Crippen LogP contribution in [0.2, 0.25) is 0 Å². The zero-order valence-electron chi connectivity index (χ0n) is 9.71. The van der Waals surface area contributed by atoms with Crippen molar-refractivity contribution >= 4 is 27.3 Å². The van der Waals surface area contributed by atoms with E-state index in [-0.39, 0.29) is 10.1 Å². The molecule has 1 heterocycles. The maximum absolute atomic E-state index is 11.9. The summed E-state index contributed by atoms with van der Waals surface area (Å²) in [6, 6.07) is 2.26. The number of hydrogen-bond acceptors (Lipinski definition) is 4. The Hall–Kier alpha value is -0.920. The number of sulfonamides is 1. The number of rotatable bonds is 6. The topological polar surface area (TPSA) is 89.3 Å². The molecule has 1 aromatic heterocycles. The molecule has 0 unspecified atom stereocenters. The molecule has 0 saturated heterocycles. The van der Waals surface area contributed by atoms with Gasteiger partial charge in [0.1, 0.15) is 10.3 Å². The number of nitrogens with one attached hydrogen (secondary N) is 1. The molecule has 17 heavy (non-hydrogen) atoms. The van der Waals surface area contributed by atoms with Crippen LogP contribution >= 0.6 is 11.3 Å². The van der Waals surface area contributed by atoms with E-state index >= 15 is 0 Å². The molecule has 1 aromatic rings. The minimum Gasteiger partial charge on any atom is -0.368 e. The van der Waals surface area contributed by atoms with E-state index in [9.17, 15) is 13.2 Å². The van der Waals surface area contributed by atoms with Crippen LogP contribution in [0, 0.1) is 5.92 Å². The van der Waals surface area contributed by atoms with Crippen LogP contribution in [0.15, 0.2) is 21.7 Å². The fourth-order valence-electron chi connectivity index (χ4n) is 1.33. The molecular formula is C10H16N2O3S2. The molecule has 5 nitrogen and oxygen atoms in total. The van der Waals surface area contributed by atoms with Crippen molar-refractivity contribution in [1.82, 2.24) is 4.72 Å². The minimum atomic E-state index is -3.65. The van der Waals surface area contributed by atoms with Crippen LogP contribution < -0.4 is 10.5 Å². The van der Waals surface area contributed by atoms with Crippen LogP contribution in [-0.4, -0.2) is 20.4 Å². The molecule has 2 atom stereocenters. The number of thiophene rings is 1. The van der Waals surface area contributed by atoms with Gasteiger partial charge >= 0.3 is 0 Å². The first-order valence-electron chi connectivity index (χ1n) is 5.23. The van der Waals surface area contributed by atoms with E-state index in [4.69, 9.17) is 5.73 Å². The molecule has 7 heteroatoms. The summed E-state index contributed by atoms with van der Waals surface area (Å²) in [4.78, 5) is 11.2. The van der Waals surface area contributed by atoms with Crippen molar-refractivity contribution in [2.75, 3.05) is 0 Å². The Morgan fingerprint density at radius 3 is 2.65 bits per heavy atom. The summed E-state index contributed by atoms with van der Waals surface area (Å²) in [7, 11) is -3.65. The number of nitrogens with two attached hydrogens (primary N) is 1. The lowest BCUT2D eigenvalue weighted by Crippen LogP contribution is -2.48. The zero-order chi connectivity index (χ0) is 13.1. The first-order valence-corrected chi connectivity index (χ1v) is 7.60. The number of primary amides is 1. The highest BCUT2D eigenvalue weighted by molar-refractivity contribution is 7.91. The van der Waals surface area contributed by atoms with Gasteiger partial charge in [0.15, 0.2) is 0 Å². The normalized spacial score (nSPS) is 15.4. The third kappa shape index (κ3) is 3.52. The summed E-state index contributed by atoms with van der Waals surface area (Å²) in [6.45, 7) is 3.66. The summed E-state index contributed by atoms with van der Waals surface area (Å²) in [5.74, 6) is -0.790. The standard InChI is InChI=1S/C10H16N2O3S2/c1-3-7(2)9(10(11)13)12-17(14,15)8-5-4-6-16-8/h4-7,9,12H,3H2,1-2H3,(H2,11,13)/t7-,9+/m0/s1. The maximum atomic E-state index is 11.9. The van der Waals surface area contributed by atoms with Crippen LogP contribution in [0.5, 0.6) is 0 Å². The highest BCUT2D eigenvalue weighted by Gasteiger charge is 2.28. The molecule has 0 saturated carbocycles. The highest BCUT2D eigenvalue weighted by atomic mass is 32.2. The van der Waals surface area contributed by atoms with Gasteiger partial charge in [0.2, 0.25) is 5.91 Å². The lowest BCUT2D eigenvalue weighted by atomic mass is 10.00. The fraction of sp³-hybridized carbons (Fsp3) is 0.500. The molecular weight excluding hydrogens is 260 g/mol. The van der Waals surface area contributed by atoms with E-state index in [1.807, 2.05) is 6.92 Å². The fourth-order valence-corrected chi connectivity index (χ4v) is 3.65. The predicted octanol–water partition coefficient (Wildman–Crippen LogP) is 0.926. The Bertz CT molecular complexity index is 468. The summed E-state index contributed by atoms with van der Waals surface area (Å²) in [5, 5.41) is 1.66. The molecule has 0 bridgehead atoms. The molecule has 0 aliphatic carbocycles. The van der Waals surface area contributed by atoms with Crippen LogP contribution in [0.25, 0.3) is 0 Å². The second kappa shape index (κ2) is 5.61. The Labute approximate surface area is 105 Å². The quantitative estimate of drug-likeness (QED) is 0.810. The first-order chi connectivity index (χ1) is 7.88. The summed E-state index contributed by atoms with van der Waals surface area (Å²) < 4.78 is 26.4. The van der Waals surface area contributed by atoms with Crippen LogP contribution in [0.1, 0.15) is 20.3 Å². The van der Waals surface area contributed by atoms with E-state index in [0.29, 0.717) is 6.42 Å². The third-order valence-corrected chi connectivity index (χ3v) is 5.40. The maximum Gasteiger partial charge on any atom is 0.250 e. The second-order valence-electron chi connectivity index (χ2n) is 3.82. The Balaban J connectivity index is 2.92. The van der Waals surface area contributed by atoms with E-state index < -0.39 is 22.0 Å². The highest BCUT2D eigenvalue weighted by Crippen LogP contribution is 2.17. The molecule has 1 rings (SSSR count). The number of hydrogen-bond donors (Lipinski definition) is 2. The average molecular weight is 276 g/mol. The molecule has 3 N–H and O–H groups in total. The molecule has 0 fully saturated rings. The van der Waals surface area contributed by atoms with Crippen molar-refractivity contribution in [3.05, 3.63) is 17.5 Å². The molecule has 96 valence electrons. The van der Waals surface area contributed by atoms with E-state index in [0.717, 1.165) is 11.3 Å². The van der Waals surface area contributed by atoms with Crippen molar-refractivity contribution in [3.8, 4) is 0 Å². The lowest BCUT2D eigenvalue weighted by molar-refractivity contribution is -0.120. The first kappa shape index (κ1) is 14.1. The van der Waals surface area contributed by atoms with Crippen molar-refractivity contribution in [2.45, 2.75) is 30.5 Å². The van der Waals surface area contributed by atoms with E-state index in [1.54, 1.807) is 18.4 Å². The van der Waals surface area contributed by atoms with Gasteiger partial charge in [-0.15, -0.1) is 11.3 Å². The van der Waals surface area contributed by atoms with Gasteiger partial charge in [-0.3, -0.25) is 4.79 Å². The van der Waals surface area contributed by atoms with Crippen molar-refractivity contribution < 1.29 is 13.2 Å². The van der Waals surface area contributed by atoms with Crippen molar-refractivity contribution in [2.24, 2.45) is 11.7 Å². The zero-order valence-corrected chi connectivity index (χ0v) is 11.3. The Morgan fingerprint density at radius 1 is 1.59 bits per heavy atom.